The molecular formula is C51H87N3O3. The average molecular weight is 790 g/mol. The zero-order valence-electron chi connectivity index (χ0n) is 40.0. The molecule has 6 heteroatoms. The van der Waals surface area contributed by atoms with Gasteiger partial charge in [-0.25, -0.2) is 0 Å². The molecule has 3 aliphatic carbocycles. The van der Waals surface area contributed by atoms with Gasteiger partial charge in [0.2, 0.25) is 0 Å². The maximum atomic E-state index is 14.4. The Hall–Kier alpha value is -2.37. The van der Waals surface area contributed by atoms with E-state index in [9.17, 15) is 14.4 Å². The van der Waals surface area contributed by atoms with Gasteiger partial charge in [0.1, 0.15) is 0 Å². The van der Waals surface area contributed by atoms with E-state index in [0.717, 1.165) is 57.8 Å². The van der Waals surface area contributed by atoms with Crippen molar-refractivity contribution in [3.63, 3.8) is 0 Å². The summed E-state index contributed by atoms with van der Waals surface area (Å²) in [6.07, 6.45) is 9.13. The second kappa shape index (κ2) is 16.9. The van der Waals surface area contributed by atoms with Crippen molar-refractivity contribution < 1.29 is 14.4 Å². The molecule has 3 saturated carbocycles. The van der Waals surface area contributed by atoms with Gasteiger partial charge >= 0.3 is 0 Å². The second-order valence-corrected chi connectivity index (χ2v) is 25.6. The van der Waals surface area contributed by atoms with Gasteiger partial charge in [-0.1, -0.05) is 125 Å². The molecule has 9 atom stereocenters. The molecule has 0 saturated heterocycles. The van der Waals surface area contributed by atoms with E-state index in [1.807, 2.05) is 0 Å². The molecule has 0 radical (unpaired) electrons. The Morgan fingerprint density at radius 1 is 0.368 bits per heavy atom. The van der Waals surface area contributed by atoms with Gasteiger partial charge in [0.15, 0.2) is 0 Å². The minimum absolute atomic E-state index is 0.0137. The molecule has 1 aromatic rings. The van der Waals surface area contributed by atoms with Crippen molar-refractivity contribution in [1.29, 1.82) is 0 Å². The number of carbonyl (C=O) groups excluding carboxylic acids is 3. The van der Waals surface area contributed by atoms with Crippen LogP contribution in [0.3, 0.4) is 0 Å². The molecule has 9 unspecified atom stereocenters. The smallest absolute Gasteiger partial charge is 0.251 e. The molecule has 4 rings (SSSR count). The Bertz CT molecular complexity index is 1370. The van der Waals surface area contributed by atoms with E-state index in [0.29, 0.717) is 52.2 Å². The molecule has 0 heterocycles. The van der Waals surface area contributed by atoms with Crippen molar-refractivity contribution in [3.05, 3.63) is 34.9 Å². The molecule has 0 aromatic heterocycles. The largest absolute Gasteiger partial charge is 0.349 e. The summed E-state index contributed by atoms with van der Waals surface area (Å²) in [6.45, 7) is 41.6. The molecule has 324 valence electrons. The zero-order chi connectivity index (χ0) is 43.3. The summed E-state index contributed by atoms with van der Waals surface area (Å²) in [4.78, 5) is 43.3. The fraction of sp³-hybridized carbons (Fsp3) is 0.824. The summed E-state index contributed by atoms with van der Waals surface area (Å²) in [5.74, 6) is 2.07. The quantitative estimate of drug-likeness (QED) is 0.268. The van der Waals surface area contributed by atoms with Gasteiger partial charge in [-0.3, -0.25) is 14.4 Å². The average Bonchev–Trinajstić information content (AvgIpc) is 3.05. The Kier molecular flexibility index (Phi) is 14.1. The number of carbonyl (C=O) groups is 3. The van der Waals surface area contributed by atoms with Gasteiger partial charge < -0.3 is 16.0 Å². The Labute approximate surface area is 350 Å². The zero-order valence-corrected chi connectivity index (χ0v) is 40.0. The van der Waals surface area contributed by atoms with Crippen molar-refractivity contribution in [2.24, 2.45) is 68.0 Å². The third-order valence-electron chi connectivity index (χ3n) is 15.2. The van der Waals surface area contributed by atoms with Crippen LogP contribution in [0.15, 0.2) is 18.2 Å². The lowest BCUT2D eigenvalue weighted by molar-refractivity contribution is 0.0490. The third-order valence-corrected chi connectivity index (χ3v) is 15.2. The molecule has 0 bridgehead atoms. The van der Waals surface area contributed by atoms with Gasteiger partial charge in [0.05, 0.1) is 0 Å². The summed E-state index contributed by atoms with van der Waals surface area (Å²) in [6, 6.07) is 5.24. The summed E-state index contributed by atoms with van der Waals surface area (Å²) in [5, 5.41) is 10.3. The first-order valence-corrected chi connectivity index (χ1v) is 22.8. The van der Waals surface area contributed by atoms with Crippen LogP contribution >= 0.6 is 0 Å². The lowest BCUT2D eigenvalue weighted by Gasteiger charge is -2.47. The van der Waals surface area contributed by atoms with Crippen molar-refractivity contribution in [2.75, 3.05) is 0 Å². The first-order valence-electron chi connectivity index (χ1n) is 22.8. The molecular weight excluding hydrogens is 703 g/mol. The number of benzene rings is 1. The molecule has 3 amide bonds. The number of nitrogens with one attached hydrogen (secondary N) is 3. The van der Waals surface area contributed by atoms with E-state index in [2.05, 4.69) is 141 Å². The minimum Gasteiger partial charge on any atom is -0.349 e. The SMILES string of the molecule is CC(C)(C)C1CCC(NC(=O)c2cc(C(=O)NC3CCC(C(C)(C)C)CC3C(C)(C)C)cc(C(=O)NC3CCC(C(C)(C)C)CC3C(C)(C)C)c2)C(C(C)(C)C)C1. The van der Waals surface area contributed by atoms with Gasteiger partial charge in [-0.15, -0.1) is 0 Å². The highest BCUT2D eigenvalue weighted by Gasteiger charge is 2.45. The summed E-state index contributed by atoms with van der Waals surface area (Å²) < 4.78 is 0. The van der Waals surface area contributed by atoms with Crippen LogP contribution in [0.2, 0.25) is 0 Å². The number of amides is 3. The van der Waals surface area contributed by atoms with Crippen LogP contribution in [0.25, 0.3) is 0 Å². The normalized spacial score (nSPS) is 29.7. The monoisotopic (exact) mass is 790 g/mol. The highest BCUT2D eigenvalue weighted by atomic mass is 16.2. The Morgan fingerprint density at radius 2 is 0.579 bits per heavy atom. The van der Waals surface area contributed by atoms with Crippen LogP contribution in [-0.2, 0) is 0 Å². The van der Waals surface area contributed by atoms with Crippen molar-refractivity contribution in [1.82, 2.24) is 16.0 Å². The predicted molar refractivity (Wildman–Crippen MR) is 239 cm³/mol. The molecule has 3 N–H and O–H groups in total. The predicted octanol–water partition coefficient (Wildman–Crippen LogP) is 12.5. The van der Waals surface area contributed by atoms with E-state index in [4.69, 9.17) is 0 Å². The van der Waals surface area contributed by atoms with Gasteiger partial charge in [-0.05, 0) is 144 Å². The van der Waals surface area contributed by atoms with Crippen LogP contribution in [0, 0.1) is 68.0 Å². The second-order valence-electron chi connectivity index (χ2n) is 25.6. The lowest BCUT2D eigenvalue weighted by Crippen LogP contribution is -2.50. The van der Waals surface area contributed by atoms with E-state index in [1.54, 1.807) is 18.2 Å². The first kappa shape index (κ1) is 47.3. The molecule has 0 spiro atoms. The molecule has 0 aliphatic heterocycles. The molecule has 3 aliphatic rings. The Morgan fingerprint density at radius 3 is 0.754 bits per heavy atom. The van der Waals surface area contributed by atoms with Crippen molar-refractivity contribution in [3.8, 4) is 0 Å². The minimum atomic E-state index is -0.205. The van der Waals surface area contributed by atoms with Crippen LogP contribution in [0.4, 0.5) is 0 Å². The summed E-state index contributed by atoms with van der Waals surface area (Å²) in [5.41, 5.74) is 1.80. The van der Waals surface area contributed by atoms with Crippen LogP contribution in [0.5, 0.6) is 0 Å². The Balaban J connectivity index is 1.69. The van der Waals surface area contributed by atoms with Crippen molar-refractivity contribution in [2.45, 2.75) is 201 Å². The summed E-state index contributed by atoms with van der Waals surface area (Å²) >= 11 is 0. The highest BCUT2D eigenvalue weighted by Crippen LogP contribution is 2.49. The first-order chi connectivity index (χ1) is 25.8. The van der Waals surface area contributed by atoms with Crippen molar-refractivity contribution >= 4 is 17.7 Å². The number of hydrogen-bond acceptors (Lipinski definition) is 3. The van der Waals surface area contributed by atoms with E-state index in [-0.39, 0.29) is 68.3 Å². The van der Waals surface area contributed by atoms with Crippen LogP contribution in [-0.4, -0.2) is 35.8 Å². The molecule has 57 heavy (non-hydrogen) atoms. The standard InChI is InChI=1S/C51H87N3O3/c1-46(2,3)34-19-22-40(37(28-34)49(10,11)12)52-43(55)31-25-32(44(56)53-41-23-20-35(47(4,5)6)29-38(41)50(13,14)15)27-33(26-31)45(57)54-42-24-21-36(48(7,8)9)30-39(42)51(16,17)18/h25-27,34-42H,19-24,28-30H2,1-18H3,(H,52,55)(H,53,56)(H,54,57). The van der Waals surface area contributed by atoms with Gasteiger partial charge in [0, 0.05) is 34.8 Å². The van der Waals surface area contributed by atoms with Gasteiger partial charge in [0.25, 0.3) is 17.7 Å². The van der Waals surface area contributed by atoms with E-state index in [1.165, 1.54) is 0 Å². The van der Waals surface area contributed by atoms with Crippen LogP contribution < -0.4 is 16.0 Å². The van der Waals surface area contributed by atoms with E-state index >= 15 is 0 Å². The van der Waals surface area contributed by atoms with Gasteiger partial charge in [-0.2, -0.15) is 0 Å². The lowest BCUT2D eigenvalue weighted by atomic mass is 9.61. The maximum absolute atomic E-state index is 14.4. The topological polar surface area (TPSA) is 87.3 Å². The van der Waals surface area contributed by atoms with Crippen LogP contribution in [0.1, 0.15) is 213 Å². The molecule has 6 nitrogen and oxygen atoms in total. The highest BCUT2D eigenvalue weighted by molar-refractivity contribution is 6.04. The third kappa shape index (κ3) is 12.1. The van der Waals surface area contributed by atoms with E-state index < -0.39 is 0 Å². The maximum Gasteiger partial charge on any atom is 0.251 e. The molecule has 1 aromatic carbocycles. The fourth-order valence-corrected chi connectivity index (χ4v) is 11.0. The fourth-order valence-electron chi connectivity index (χ4n) is 11.0. The summed E-state index contributed by atoms with van der Waals surface area (Å²) in [7, 11) is 0. The number of hydrogen-bond donors (Lipinski definition) is 3. The molecule has 3 fully saturated rings. The number of rotatable bonds is 6.